The minimum Gasteiger partial charge on any atom is -0.359 e. The molecule has 0 saturated carbocycles. The zero-order valence-corrected chi connectivity index (χ0v) is 23.7. The van der Waals surface area contributed by atoms with Crippen LogP contribution in [0.3, 0.4) is 0 Å². The van der Waals surface area contributed by atoms with Crippen molar-refractivity contribution < 1.29 is 9.59 Å². The van der Waals surface area contributed by atoms with E-state index in [-0.39, 0.29) is 17.7 Å². The summed E-state index contributed by atoms with van der Waals surface area (Å²) in [4.78, 5) is 41.0. The highest BCUT2D eigenvalue weighted by Gasteiger charge is 2.33. The van der Waals surface area contributed by atoms with Crippen molar-refractivity contribution in [2.24, 2.45) is 13.0 Å². The largest absolute Gasteiger partial charge is 0.359 e. The number of aromatic amines is 1. The van der Waals surface area contributed by atoms with Gasteiger partial charge < -0.3 is 25.8 Å². The number of carbonyl (C=O) groups is 2. The van der Waals surface area contributed by atoms with E-state index in [0.717, 1.165) is 57.6 Å². The molecular weight excluding hydrogens is 530 g/mol. The fourth-order valence-corrected chi connectivity index (χ4v) is 5.83. The molecule has 0 aliphatic carbocycles. The van der Waals surface area contributed by atoms with Gasteiger partial charge in [-0.2, -0.15) is 5.10 Å². The summed E-state index contributed by atoms with van der Waals surface area (Å²) in [7, 11) is 1.89. The maximum atomic E-state index is 13.7. The number of aryl methyl sites for hydroxylation is 3. The van der Waals surface area contributed by atoms with Gasteiger partial charge in [-0.1, -0.05) is 18.2 Å². The van der Waals surface area contributed by atoms with Crippen molar-refractivity contribution in [1.82, 2.24) is 30.0 Å². The second kappa shape index (κ2) is 10.1. The number of rotatable bonds is 6. The Balaban J connectivity index is 1.20. The van der Waals surface area contributed by atoms with Crippen LogP contribution in [0.1, 0.15) is 33.6 Å². The summed E-state index contributed by atoms with van der Waals surface area (Å²) in [5.74, 6) is 0.959. The molecule has 2 aliphatic heterocycles. The molecule has 3 aromatic heterocycles. The van der Waals surface area contributed by atoms with Gasteiger partial charge >= 0.3 is 0 Å². The number of hydrogen-bond acceptors (Lipinski definition) is 7. The molecule has 2 aromatic carbocycles. The third-order valence-electron chi connectivity index (χ3n) is 8.22. The van der Waals surface area contributed by atoms with Crippen molar-refractivity contribution in [1.29, 1.82) is 0 Å². The quantitative estimate of drug-likeness (QED) is 0.241. The van der Waals surface area contributed by atoms with Gasteiger partial charge in [0.1, 0.15) is 0 Å². The number of carbonyl (C=O) groups excluding carboxylic acids is 2. The maximum Gasteiger partial charge on any atom is 0.259 e. The fraction of sp³-hybridized carbons (Fsp3) is 0.258. The summed E-state index contributed by atoms with van der Waals surface area (Å²) in [6.45, 7) is 5.85. The van der Waals surface area contributed by atoms with E-state index < -0.39 is 0 Å². The molecule has 42 heavy (non-hydrogen) atoms. The van der Waals surface area contributed by atoms with Crippen LogP contribution >= 0.6 is 0 Å². The van der Waals surface area contributed by atoms with E-state index in [1.165, 1.54) is 0 Å². The van der Waals surface area contributed by atoms with E-state index in [1.54, 1.807) is 15.8 Å². The lowest BCUT2D eigenvalue weighted by Crippen LogP contribution is -2.25. The van der Waals surface area contributed by atoms with Crippen LogP contribution in [0, 0.1) is 19.8 Å². The first kappa shape index (κ1) is 25.9. The molecule has 0 bridgehead atoms. The van der Waals surface area contributed by atoms with Crippen LogP contribution in [-0.4, -0.2) is 49.6 Å². The van der Waals surface area contributed by atoms with Crippen LogP contribution in [0.5, 0.6) is 0 Å². The third-order valence-corrected chi connectivity index (χ3v) is 8.22. The molecule has 212 valence electrons. The van der Waals surface area contributed by atoms with Gasteiger partial charge in [-0.25, -0.2) is 9.97 Å². The minimum absolute atomic E-state index is 0.0114. The fourth-order valence-electron chi connectivity index (χ4n) is 5.83. The van der Waals surface area contributed by atoms with Crippen LogP contribution in [-0.2, 0) is 18.4 Å². The Morgan fingerprint density at radius 2 is 1.98 bits per heavy atom. The van der Waals surface area contributed by atoms with Gasteiger partial charge in [0.25, 0.3) is 5.91 Å². The Morgan fingerprint density at radius 1 is 1.12 bits per heavy atom. The highest BCUT2D eigenvalue weighted by molar-refractivity contribution is 6.15. The van der Waals surface area contributed by atoms with Gasteiger partial charge in [-0.05, 0) is 50.6 Å². The van der Waals surface area contributed by atoms with Gasteiger partial charge in [0.05, 0.1) is 29.4 Å². The summed E-state index contributed by atoms with van der Waals surface area (Å²) in [5, 5.41) is 14.9. The Labute approximate surface area is 242 Å². The average molecular weight is 562 g/mol. The molecule has 0 radical (unpaired) electrons. The molecule has 5 aromatic rings. The SMILES string of the molecule is Cc1cnc(Nc2cc(C)n(C)n2)nc1-c1c[nH]c2c(N3Cc4c(NC(=O)[C@@H]5CCNC5)cccc4C3=O)cccc12. The first-order valence-electron chi connectivity index (χ1n) is 14.0. The molecule has 7 rings (SSSR count). The molecule has 1 atom stereocenters. The normalized spacial score (nSPS) is 16.3. The molecular formula is C31H31N9O2. The summed E-state index contributed by atoms with van der Waals surface area (Å²) >= 11 is 0. The van der Waals surface area contributed by atoms with Crippen LogP contribution < -0.4 is 20.9 Å². The molecule has 11 nitrogen and oxygen atoms in total. The van der Waals surface area contributed by atoms with Gasteiger partial charge in [-0.15, -0.1) is 0 Å². The Kier molecular flexibility index (Phi) is 6.23. The summed E-state index contributed by atoms with van der Waals surface area (Å²) in [6, 6.07) is 13.4. The Hall–Kier alpha value is -5.03. The lowest BCUT2D eigenvalue weighted by Gasteiger charge is -2.17. The van der Waals surface area contributed by atoms with Crippen molar-refractivity contribution in [3.8, 4) is 11.3 Å². The van der Waals surface area contributed by atoms with E-state index >= 15 is 0 Å². The molecule has 1 saturated heterocycles. The number of H-pyrrole nitrogens is 1. The van der Waals surface area contributed by atoms with Gasteiger partial charge in [0.15, 0.2) is 5.82 Å². The predicted molar refractivity (Wildman–Crippen MR) is 162 cm³/mol. The Bertz CT molecular complexity index is 1850. The molecule has 11 heteroatoms. The second-order valence-corrected chi connectivity index (χ2v) is 10.9. The first-order chi connectivity index (χ1) is 20.4. The summed E-state index contributed by atoms with van der Waals surface area (Å²) in [6.07, 6.45) is 4.53. The highest BCUT2D eigenvalue weighted by Crippen LogP contribution is 2.39. The van der Waals surface area contributed by atoms with E-state index in [0.29, 0.717) is 36.1 Å². The number of para-hydroxylation sites is 1. The lowest BCUT2D eigenvalue weighted by atomic mass is 10.1. The van der Waals surface area contributed by atoms with Crippen LogP contribution in [0.4, 0.5) is 23.1 Å². The van der Waals surface area contributed by atoms with E-state index in [1.807, 2.05) is 69.6 Å². The van der Waals surface area contributed by atoms with Crippen molar-refractivity contribution >= 4 is 45.9 Å². The number of hydrogen-bond donors (Lipinski definition) is 4. The van der Waals surface area contributed by atoms with Crippen LogP contribution in [0.2, 0.25) is 0 Å². The minimum atomic E-state index is -0.0948. The topological polar surface area (TPSA) is 133 Å². The standard InChI is InChI=1S/C31H31N9O2/c1-17-13-34-31(36-26-12-18(2)39(3)38-26)37-27(17)22-15-33-28-20(22)6-5-9-25(28)40-16-23-21(30(40)42)7-4-8-24(23)35-29(41)19-10-11-32-14-19/h4-9,12-13,15,19,32-33H,10-11,14,16H2,1-3H3,(H,35,41)(H,34,36,37,38)/t19-/m1/s1. The molecule has 4 N–H and O–H groups in total. The number of fused-ring (bicyclic) bond motifs is 2. The lowest BCUT2D eigenvalue weighted by molar-refractivity contribution is -0.119. The van der Waals surface area contributed by atoms with Gasteiger partial charge in [-0.3, -0.25) is 14.3 Å². The number of nitrogens with one attached hydrogen (secondary N) is 4. The molecule has 2 aliphatic rings. The Morgan fingerprint density at radius 3 is 2.76 bits per heavy atom. The number of amides is 2. The van der Waals surface area contributed by atoms with Gasteiger partial charge in [0, 0.05) is 65.5 Å². The van der Waals surface area contributed by atoms with E-state index in [9.17, 15) is 9.59 Å². The number of aromatic nitrogens is 5. The van der Waals surface area contributed by atoms with Crippen molar-refractivity contribution in [2.75, 3.05) is 28.6 Å². The van der Waals surface area contributed by atoms with Crippen molar-refractivity contribution in [3.05, 3.63) is 77.2 Å². The van der Waals surface area contributed by atoms with Gasteiger partial charge in [0.2, 0.25) is 11.9 Å². The zero-order chi connectivity index (χ0) is 29.0. The molecule has 1 fully saturated rings. The molecule has 0 unspecified atom stereocenters. The average Bonchev–Trinajstić information content (AvgIpc) is 3.78. The first-order valence-corrected chi connectivity index (χ1v) is 14.0. The van der Waals surface area contributed by atoms with Crippen LogP contribution in [0.25, 0.3) is 22.2 Å². The number of benzene rings is 2. The monoisotopic (exact) mass is 561 g/mol. The molecule has 2 amide bonds. The zero-order valence-electron chi connectivity index (χ0n) is 23.7. The smallest absolute Gasteiger partial charge is 0.259 e. The van der Waals surface area contributed by atoms with E-state index in [4.69, 9.17) is 4.98 Å². The van der Waals surface area contributed by atoms with Crippen LogP contribution in [0.15, 0.2) is 54.9 Å². The van der Waals surface area contributed by atoms with Crippen molar-refractivity contribution in [3.63, 3.8) is 0 Å². The summed E-state index contributed by atoms with van der Waals surface area (Å²) in [5.41, 5.74) is 7.38. The molecule has 0 spiro atoms. The summed E-state index contributed by atoms with van der Waals surface area (Å²) < 4.78 is 1.79. The highest BCUT2D eigenvalue weighted by atomic mass is 16.2. The predicted octanol–water partition coefficient (Wildman–Crippen LogP) is 4.43. The second-order valence-electron chi connectivity index (χ2n) is 10.9. The third kappa shape index (κ3) is 4.38. The molecule has 5 heterocycles. The number of anilines is 4. The van der Waals surface area contributed by atoms with Crippen molar-refractivity contribution in [2.45, 2.75) is 26.8 Å². The van der Waals surface area contributed by atoms with E-state index in [2.05, 4.69) is 31.0 Å². The number of nitrogens with zero attached hydrogens (tertiary/aromatic N) is 5. The maximum absolute atomic E-state index is 13.7.